The summed E-state index contributed by atoms with van der Waals surface area (Å²) in [5.74, 6) is -1.77. The van der Waals surface area contributed by atoms with Crippen molar-refractivity contribution in [2.75, 3.05) is 0 Å². The lowest BCUT2D eigenvalue weighted by Gasteiger charge is -2.11. The molecule has 3 heterocycles. The van der Waals surface area contributed by atoms with Crippen molar-refractivity contribution in [3.8, 4) is 11.4 Å². The number of aliphatic carboxylic acids is 1. The summed E-state index contributed by atoms with van der Waals surface area (Å²) in [7, 11) is 0. The Balaban J connectivity index is 1.98. The third kappa shape index (κ3) is 2.54. The molecule has 1 aliphatic heterocycles. The molecule has 0 unspecified atom stereocenters. The maximum absolute atomic E-state index is 14.3. The topological polar surface area (TPSA) is 92.4 Å². The maximum atomic E-state index is 14.3. The number of carbonyl (C=O) groups is 1. The van der Waals surface area contributed by atoms with E-state index in [1.165, 1.54) is 16.7 Å². The van der Waals surface area contributed by atoms with Crippen LogP contribution in [0.3, 0.4) is 0 Å². The van der Waals surface area contributed by atoms with Crippen LogP contribution in [-0.4, -0.2) is 25.7 Å². The number of pyridine rings is 2. The number of fused-ring (bicyclic) bond motifs is 4. The van der Waals surface area contributed by atoms with E-state index in [0.29, 0.717) is 35.4 Å². The molecule has 0 spiro atoms. The summed E-state index contributed by atoms with van der Waals surface area (Å²) in [6, 6.07) is 5.87. The third-order valence-corrected chi connectivity index (χ3v) is 5.16. The van der Waals surface area contributed by atoms with E-state index in [9.17, 15) is 19.1 Å². The van der Waals surface area contributed by atoms with Crippen LogP contribution in [0.15, 0.2) is 29.1 Å². The van der Waals surface area contributed by atoms with Crippen LogP contribution in [0.2, 0.25) is 0 Å². The fourth-order valence-electron chi connectivity index (χ4n) is 3.74. The van der Waals surface area contributed by atoms with Gasteiger partial charge in [-0.05, 0) is 42.2 Å². The van der Waals surface area contributed by atoms with Crippen molar-refractivity contribution in [1.29, 1.82) is 0 Å². The first-order valence-electron chi connectivity index (χ1n) is 8.59. The molecule has 1 aromatic carbocycles. The number of benzene rings is 1. The Hall–Kier alpha value is -3.06. The third-order valence-electron chi connectivity index (χ3n) is 5.16. The first kappa shape index (κ1) is 17.4. The lowest BCUT2D eigenvalue weighted by Crippen LogP contribution is -2.21. The van der Waals surface area contributed by atoms with Crippen LogP contribution in [0, 0.1) is 12.7 Å². The zero-order valence-electron chi connectivity index (χ0n) is 14.8. The molecule has 138 valence electrons. The van der Waals surface area contributed by atoms with Gasteiger partial charge in [0.2, 0.25) is 0 Å². The average Bonchev–Trinajstić information content (AvgIpc) is 2.99. The van der Waals surface area contributed by atoms with Crippen LogP contribution in [-0.2, 0) is 17.8 Å². The van der Waals surface area contributed by atoms with Gasteiger partial charge in [-0.3, -0.25) is 4.79 Å². The summed E-state index contributed by atoms with van der Waals surface area (Å²) in [6.07, 6.45) is -1.14. The number of carboxylic acid groups (broad SMARTS) is 1. The highest BCUT2D eigenvalue weighted by Gasteiger charge is 2.26. The molecule has 0 saturated heterocycles. The number of rotatable bonds is 3. The number of hydrogen-bond donors (Lipinski definition) is 2. The van der Waals surface area contributed by atoms with E-state index in [2.05, 4.69) is 4.98 Å². The first-order valence-corrected chi connectivity index (χ1v) is 8.59. The van der Waals surface area contributed by atoms with Gasteiger partial charge in [-0.15, -0.1) is 0 Å². The van der Waals surface area contributed by atoms with Gasteiger partial charge in [0.15, 0.2) is 6.10 Å². The largest absolute Gasteiger partial charge is 0.479 e. The van der Waals surface area contributed by atoms with Crippen molar-refractivity contribution >= 4 is 16.9 Å². The molecule has 3 aromatic rings. The summed E-state index contributed by atoms with van der Waals surface area (Å²) in [4.78, 5) is 28.0. The molecule has 0 amide bonds. The molecule has 0 radical (unpaired) electrons. The summed E-state index contributed by atoms with van der Waals surface area (Å²) in [6.45, 7) is 3.99. The van der Waals surface area contributed by atoms with Crippen molar-refractivity contribution < 1.29 is 19.4 Å². The zero-order valence-corrected chi connectivity index (χ0v) is 14.8. The van der Waals surface area contributed by atoms with Gasteiger partial charge in [0.1, 0.15) is 5.82 Å². The minimum Gasteiger partial charge on any atom is -0.479 e. The Labute approximate surface area is 153 Å². The van der Waals surface area contributed by atoms with Crippen LogP contribution < -0.4 is 5.56 Å². The van der Waals surface area contributed by atoms with Gasteiger partial charge in [0.05, 0.1) is 23.4 Å². The maximum Gasteiger partial charge on any atom is 0.337 e. The highest BCUT2D eigenvalue weighted by atomic mass is 19.1. The van der Waals surface area contributed by atoms with Crippen LogP contribution in [0.25, 0.3) is 22.3 Å². The van der Waals surface area contributed by atoms with Crippen LogP contribution in [0.1, 0.15) is 35.3 Å². The van der Waals surface area contributed by atoms with Crippen molar-refractivity contribution in [3.63, 3.8) is 0 Å². The van der Waals surface area contributed by atoms with Crippen LogP contribution >= 0.6 is 0 Å². The SMILES string of the molecule is CCc1c(C)c(F)cc2nc3c(cc12)Cn1c-3cc([C@H](O)C(=O)O)cc1=O. The molecule has 2 N–H and O–H groups in total. The molecule has 0 bridgehead atoms. The normalized spacial score (nSPS) is 13.5. The van der Waals surface area contributed by atoms with Gasteiger partial charge in [-0.2, -0.15) is 0 Å². The monoisotopic (exact) mass is 368 g/mol. The van der Waals surface area contributed by atoms with Gasteiger partial charge >= 0.3 is 5.97 Å². The quantitative estimate of drug-likeness (QED) is 0.580. The number of aryl methyl sites for hydroxylation is 1. The zero-order chi connectivity index (χ0) is 19.5. The molecular weight excluding hydrogens is 351 g/mol. The number of hydrogen-bond acceptors (Lipinski definition) is 4. The molecule has 27 heavy (non-hydrogen) atoms. The second kappa shape index (κ2) is 5.99. The minimum absolute atomic E-state index is 0.00201. The van der Waals surface area contributed by atoms with Crippen molar-refractivity contribution in [3.05, 3.63) is 62.7 Å². The van der Waals surface area contributed by atoms with Gasteiger partial charge in [0, 0.05) is 23.1 Å². The predicted molar refractivity (Wildman–Crippen MR) is 97.2 cm³/mol. The fourth-order valence-corrected chi connectivity index (χ4v) is 3.74. The lowest BCUT2D eigenvalue weighted by atomic mass is 9.98. The van der Waals surface area contributed by atoms with E-state index >= 15 is 0 Å². The second-order valence-corrected chi connectivity index (χ2v) is 6.72. The van der Waals surface area contributed by atoms with E-state index in [1.807, 2.05) is 13.0 Å². The Morgan fingerprint density at radius 2 is 2.07 bits per heavy atom. The predicted octanol–water partition coefficient (Wildman–Crippen LogP) is 2.55. The molecular formula is C20H17FN2O4. The summed E-state index contributed by atoms with van der Waals surface area (Å²) < 4.78 is 15.7. The average molecular weight is 368 g/mol. The Kier molecular flexibility index (Phi) is 3.85. The highest BCUT2D eigenvalue weighted by Crippen LogP contribution is 2.35. The lowest BCUT2D eigenvalue weighted by molar-refractivity contribution is -0.146. The first-order chi connectivity index (χ1) is 12.8. The smallest absolute Gasteiger partial charge is 0.337 e. The fraction of sp³-hybridized carbons (Fsp3) is 0.250. The Morgan fingerprint density at radius 1 is 1.33 bits per heavy atom. The number of halogens is 1. The number of carboxylic acids is 1. The second-order valence-electron chi connectivity index (χ2n) is 6.72. The molecule has 4 rings (SSSR count). The molecule has 7 heteroatoms. The molecule has 0 aliphatic carbocycles. The summed E-state index contributed by atoms with van der Waals surface area (Å²) in [5.41, 5.74) is 3.27. The van der Waals surface area contributed by atoms with Crippen LogP contribution in [0.5, 0.6) is 0 Å². The van der Waals surface area contributed by atoms with Gasteiger partial charge in [-0.25, -0.2) is 14.2 Å². The van der Waals surface area contributed by atoms with E-state index in [0.717, 1.165) is 22.6 Å². The number of aliphatic hydroxyl groups is 1. The number of aliphatic hydroxyl groups excluding tert-OH is 1. The number of nitrogens with zero attached hydrogens (tertiary/aromatic N) is 2. The Bertz CT molecular complexity index is 1180. The van der Waals surface area contributed by atoms with Crippen molar-refractivity contribution in [1.82, 2.24) is 9.55 Å². The minimum atomic E-state index is -1.79. The van der Waals surface area contributed by atoms with Crippen molar-refractivity contribution in [2.24, 2.45) is 0 Å². The molecule has 1 atom stereocenters. The van der Waals surface area contributed by atoms with Gasteiger partial charge in [0.25, 0.3) is 5.56 Å². The van der Waals surface area contributed by atoms with E-state index in [-0.39, 0.29) is 11.4 Å². The summed E-state index contributed by atoms with van der Waals surface area (Å²) in [5, 5.41) is 19.6. The van der Waals surface area contributed by atoms with E-state index in [4.69, 9.17) is 5.11 Å². The van der Waals surface area contributed by atoms with E-state index < -0.39 is 17.6 Å². The standard InChI is InChI=1S/C20H17FN2O4/c1-3-12-9(2)14(21)7-15-13(12)4-11-8-23-16(18(11)22-15)5-10(6-17(23)24)19(25)20(26)27/h4-7,19,25H,3,8H2,1-2H3,(H,26,27)/t19-/m0/s1. The molecule has 1 aliphatic rings. The molecule has 2 aromatic heterocycles. The Morgan fingerprint density at radius 3 is 2.74 bits per heavy atom. The molecule has 6 nitrogen and oxygen atoms in total. The molecule has 0 saturated carbocycles. The van der Waals surface area contributed by atoms with Crippen molar-refractivity contribution in [2.45, 2.75) is 32.9 Å². The van der Waals surface area contributed by atoms with Crippen LogP contribution in [0.4, 0.5) is 4.39 Å². The summed E-state index contributed by atoms with van der Waals surface area (Å²) >= 11 is 0. The van der Waals surface area contributed by atoms with E-state index in [1.54, 1.807) is 6.92 Å². The van der Waals surface area contributed by atoms with Gasteiger partial charge in [-0.1, -0.05) is 6.92 Å². The van der Waals surface area contributed by atoms with Gasteiger partial charge < -0.3 is 14.8 Å². The highest BCUT2D eigenvalue weighted by molar-refractivity contribution is 5.88. The molecule has 0 fully saturated rings. The number of aromatic nitrogens is 2.